The molecule has 1 saturated heterocycles. The number of imide groups is 1. The fraction of sp³-hybridized carbons (Fsp3) is 0.400. The fourth-order valence-corrected chi connectivity index (χ4v) is 4.65. The summed E-state index contributed by atoms with van der Waals surface area (Å²) in [5.41, 5.74) is 1.52. The number of rotatable bonds is 7. The molecule has 2 aliphatic rings. The van der Waals surface area contributed by atoms with Gasteiger partial charge in [0.2, 0.25) is 5.91 Å². The molecule has 180 valence electrons. The van der Waals surface area contributed by atoms with Crippen molar-refractivity contribution in [3.8, 4) is 11.5 Å². The third-order valence-corrected chi connectivity index (χ3v) is 6.11. The monoisotopic (exact) mass is 472 g/mol. The van der Waals surface area contributed by atoms with E-state index in [-0.39, 0.29) is 53.8 Å². The van der Waals surface area contributed by atoms with E-state index in [0.717, 1.165) is 5.56 Å². The third kappa shape index (κ3) is 4.60. The second kappa shape index (κ2) is 9.40. The second-order valence-electron chi connectivity index (χ2n) is 8.78. The van der Waals surface area contributed by atoms with Gasteiger partial charge in [-0.2, -0.15) is 8.78 Å². The second-order valence-corrected chi connectivity index (χ2v) is 8.78. The number of ether oxygens (including phenoxy) is 2. The molecule has 2 heterocycles. The fourth-order valence-electron chi connectivity index (χ4n) is 4.65. The Morgan fingerprint density at radius 2 is 1.68 bits per heavy atom. The number of amides is 3. The van der Waals surface area contributed by atoms with E-state index < -0.39 is 6.61 Å². The maximum atomic E-state index is 12.8. The first-order chi connectivity index (χ1) is 16.2. The van der Waals surface area contributed by atoms with Gasteiger partial charge in [0.05, 0.1) is 23.3 Å². The number of fused-ring (bicyclic) bond motifs is 1. The first-order valence-corrected chi connectivity index (χ1v) is 11.1. The molecule has 0 saturated carbocycles. The lowest BCUT2D eigenvalue weighted by atomic mass is 9.95. The normalized spacial score (nSPS) is 19.9. The van der Waals surface area contributed by atoms with Crippen LogP contribution in [-0.4, -0.2) is 59.4 Å². The van der Waals surface area contributed by atoms with Crippen LogP contribution in [-0.2, 0) is 4.79 Å². The van der Waals surface area contributed by atoms with Gasteiger partial charge in [0, 0.05) is 25.9 Å². The smallest absolute Gasteiger partial charge is 0.387 e. The molecule has 1 unspecified atom stereocenters. The van der Waals surface area contributed by atoms with Crippen molar-refractivity contribution in [3.05, 3.63) is 59.2 Å². The van der Waals surface area contributed by atoms with Gasteiger partial charge in [0.15, 0.2) is 11.5 Å². The van der Waals surface area contributed by atoms with Crippen LogP contribution < -0.4 is 9.47 Å². The lowest BCUT2D eigenvalue weighted by Gasteiger charge is -2.26. The van der Waals surface area contributed by atoms with Crippen molar-refractivity contribution in [2.24, 2.45) is 0 Å². The average molecular weight is 472 g/mol. The lowest BCUT2D eigenvalue weighted by Crippen LogP contribution is -2.44. The SMILES string of the molecule is CC(=O)N1CC(c2ccc(OC(F)F)c(OC(C)C)c2)C[C@@H]1CN1C(=O)c2ccccc2C1=O. The van der Waals surface area contributed by atoms with E-state index in [1.54, 1.807) is 55.1 Å². The Hall–Kier alpha value is -3.49. The molecule has 0 bridgehead atoms. The van der Waals surface area contributed by atoms with Gasteiger partial charge in [0.1, 0.15) is 0 Å². The Balaban J connectivity index is 1.56. The Labute approximate surface area is 196 Å². The maximum absolute atomic E-state index is 12.8. The lowest BCUT2D eigenvalue weighted by molar-refractivity contribution is -0.129. The van der Waals surface area contributed by atoms with Gasteiger partial charge >= 0.3 is 6.61 Å². The minimum absolute atomic E-state index is 0.0588. The van der Waals surface area contributed by atoms with E-state index in [9.17, 15) is 23.2 Å². The molecule has 9 heteroatoms. The number of hydrogen-bond acceptors (Lipinski definition) is 5. The van der Waals surface area contributed by atoms with Gasteiger partial charge in [-0.25, -0.2) is 0 Å². The molecule has 2 atom stereocenters. The first kappa shape index (κ1) is 23.7. The third-order valence-electron chi connectivity index (χ3n) is 6.11. The first-order valence-electron chi connectivity index (χ1n) is 11.1. The molecule has 0 aliphatic carbocycles. The molecule has 2 aromatic carbocycles. The van der Waals surface area contributed by atoms with Crippen LogP contribution in [0.25, 0.3) is 0 Å². The summed E-state index contributed by atoms with van der Waals surface area (Å²) < 4.78 is 35.9. The van der Waals surface area contributed by atoms with E-state index in [2.05, 4.69) is 4.74 Å². The molecule has 3 amide bonds. The van der Waals surface area contributed by atoms with Crippen LogP contribution in [0.2, 0.25) is 0 Å². The molecule has 2 aromatic rings. The Kier molecular flexibility index (Phi) is 6.54. The minimum atomic E-state index is -2.98. The summed E-state index contributed by atoms with van der Waals surface area (Å²) in [6, 6.07) is 11.1. The summed E-state index contributed by atoms with van der Waals surface area (Å²) in [6.45, 7) is 2.49. The molecule has 0 radical (unpaired) electrons. The van der Waals surface area contributed by atoms with Crippen LogP contribution in [0.5, 0.6) is 11.5 Å². The number of halogens is 2. The summed E-state index contributed by atoms with van der Waals surface area (Å²) in [6.07, 6.45) is 0.248. The minimum Gasteiger partial charge on any atom is -0.487 e. The molecule has 34 heavy (non-hydrogen) atoms. The highest BCUT2D eigenvalue weighted by molar-refractivity contribution is 6.21. The number of hydrogen-bond donors (Lipinski definition) is 0. The zero-order chi connectivity index (χ0) is 24.6. The highest BCUT2D eigenvalue weighted by Crippen LogP contribution is 2.38. The summed E-state index contributed by atoms with van der Waals surface area (Å²) in [7, 11) is 0. The summed E-state index contributed by atoms with van der Waals surface area (Å²) in [4.78, 5) is 40.8. The Morgan fingerprint density at radius 1 is 1.03 bits per heavy atom. The molecular formula is C25H26F2N2O5. The molecule has 4 rings (SSSR count). The largest absolute Gasteiger partial charge is 0.487 e. The van der Waals surface area contributed by atoms with Gasteiger partial charge in [0.25, 0.3) is 11.8 Å². The van der Waals surface area contributed by atoms with Crippen LogP contribution in [0.1, 0.15) is 59.4 Å². The summed E-state index contributed by atoms with van der Waals surface area (Å²) in [5.74, 6) is -0.885. The number of nitrogens with zero attached hydrogens (tertiary/aromatic N) is 2. The van der Waals surface area contributed by atoms with E-state index in [4.69, 9.17) is 4.74 Å². The molecule has 0 N–H and O–H groups in total. The van der Waals surface area contributed by atoms with Crippen molar-refractivity contribution < 1.29 is 32.6 Å². The van der Waals surface area contributed by atoms with Crippen molar-refractivity contribution in [1.29, 1.82) is 0 Å². The van der Waals surface area contributed by atoms with Crippen molar-refractivity contribution in [3.63, 3.8) is 0 Å². The van der Waals surface area contributed by atoms with Gasteiger partial charge in [-0.15, -0.1) is 0 Å². The molecule has 1 fully saturated rings. The highest BCUT2D eigenvalue weighted by atomic mass is 19.3. The van der Waals surface area contributed by atoms with E-state index in [1.807, 2.05) is 0 Å². The van der Waals surface area contributed by atoms with Gasteiger partial charge in [-0.3, -0.25) is 19.3 Å². The molecule has 7 nitrogen and oxygen atoms in total. The number of benzene rings is 2. The maximum Gasteiger partial charge on any atom is 0.387 e. The quantitative estimate of drug-likeness (QED) is 0.568. The average Bonchev–Trinajstić information content (AvgIpc) is 3.30. The van der Waals surface area contributed by atoms with Crippen LogP contribution >= 0.6 is 0 Å². The molecular weight excluding hydrogens is 446 g/mol. The zero-order valence-corrected chi connectivity index (χ0v) is 19.2. The molecule has 0 aromatic heterocycles. The van der Waals surface area contributed by atoms with Crippen LogP contribution in [0.4, 0.5) is 8.78 Å². The van der Waals surface area contributed by atoms with Crippen molar-refractivity contribution in [2.45, 2.75) is 51.9 Å². The van der Waals surface area contributed by atoms with E-state index in [1.165, 1.54) is 17.9 Å². The predicted molar refractivity (Wildman–Crippen MR) is 119 cm³/mol. The number of likely N-dealkylation sites (tertiary alicyclic amines) is 1. The van der Waals surface area contributed by atoms with E-state index >= 15 is 0 Å². The Morgan fingerprint density at radius 3 is 2.24 bits per heavy atom. The van der Waals surface area contributed by atoms with Gasteiger partial charge in [-0.05, 0) is 50.1 Å². The van der Waals surface area contributed by atoms with Crippen LogP contribution in [0.3, 0.4) is 0 Å². The van der Waals surface area contributed by atoms with Gasteiger partial charge < -0.3 is 14.4 Å². The summed E-state index contributed by atoms with van der Waals surface area (Å²) >= 11 is 0. The van der Waals surface area contributed by atoms with Gasteiger partial charge in [-0.1, -0.05) is 18.2 Å². The van der Waals surface area contributed by atoms with Crippen molar-refractivity contribution >= 4 is 17.7 Å². The van der Waals surface area contributed by atoms with Crippen LogP contribution in [0, 0.1) is 0 Å². The van der Waals surface area contributed by atoms with Crippen LogP contribution in [0.15, 0.2) is 42.5 Å². The van der Waals surface area contributed by atoms with Crippen molar-refractivity contribution in [1.82, 2.24) is 9.80 Å². The number of carbonyl (C=O) groups is 3. The highest BCUT2D eigenvalue weighted by Gasteiger charge is 2.41. The predicted octanol–water partition coefficient (Wildman–Crippen LogP) is 4.08. The van der Waals surface area contributed by atoms with E-state index in [0.29, 0.717) is 24.1 Å². The molecule has 0 spiro atoms. The zero-order valence-electron chi connectivity index (χ0n) is 19.2. The topological polar surface area (TPSA) is 76.2 Å². The Bertz CT molecular complexity index is 1090. The number of alkyl halides is 2. The standard InChI is InChI=1S/C25H26F2N2O5/c1-14(2)33-22-11-16(8-9-21(22)34-25(26)27)17-10-18(28(12-17)15(3)30)13-29-23(31)19-6-4-5-7-20(19)24(29)32/h4-9,11,14,17-18,25H,10,12-13H2,1-3H3/t17?,18-/m1/s1. The number of carbonyl (C=O) groups excluding carboxylic acids is 3. The summed E-state index contributed by atoms with van der Waals surface area (Å²) in [5, 5.41) is 0. The molecule has 2 aliphatic heterocycles. The van der Waals surface area contributed by atoms with Crippen molar-refractivity contribution in [2.75, 3.05) is 13.1 Å².